The zero-order chi connectivity index (χ0) is 20.5. The first-order valence-corrected chi connectivity index (χ1v) is 10.1. The van der Waals surface area contributed by atoms with Crippen molar-refractivity contribution in [3.8, 4) is 22.5 Å². The third-order valence-corrected chi connectivity index (χ3v) is 4.78. The lowest BCUT2D eigenvalue weighted by atomic mass is 10.0. The Morgan fingerprint density at radius 2 is 1.52 bits per heavy atom. The lowest BCUT2D eigenvalue weighted by Crippen LogP contribution is -1.97. The van der Waals surface area contributed by atoms with E-state index in [9.17, 15) is 5.11 Å². The van der Waals surface area contributed by atoms with E-state index in [-0.39, 0.29) is 6.10 Å². The molecular weight excluding hydrogens is 356 g/mol. The summed E-state index contributed by atoms with van der Waals surface area (Å²) >= 11 is 0. The molecule has 3 nitrogen and oxygen atoms in total. The Morgan fingerprint density at radius 1 is 0.931 bits per heavy atom. The van der Waals surface area contributed by atoms with Crippen LogP contribution in [-0.2, 0) is 6.42 Å². The van der Waals surface area contributed by atoms with E-state index in [0.29, 0.717) is 0 Å². The molecule has 0 saturated carbocycles. The standard InChI is InChI=1S/C26H28N2O/c1-3-7-22-18-27-26(28-19-22)25-16-14-24(15-17-25)23-12-10-21(11-13-23)9-6-4-5-8-20(2)29/h3,6,9-20,29H,1,4-5,7-8H2,2H3/b9-6+. The van der Waals surface area contributed by atoms with Gasteiger partial charge in [0.1, 0.15) is 0 Å². The Morgan fingerprint density at radius 3 is 2.10 bits per heavy atom. The van der Waals surface area contributed by atoms with Crippen molar-refractivity contribution < 1.29 is 5.11 Å². The van der Waals surface area contributed by atoms with Gasteiger partial charge in [-0.15, -0.1) is 6.58 Å². The number of aromatic nitrogens is 2. The van der Waals surface area contributed by atoms with Crippen LogP contribution in [0.15, 0.2) is 79.7 Å². The van der Waals surface area contributed by atoms with Crippen molar-refractivity contribution in [1.82, 2.24) is 9.97 Å². The molecule has 1 atom stereocenters. The van der Waals surface area contributed by atoms with E-state index < -0.39 is 0 Å². The molecule has 29 heavy (non-hydrogen) atoms. The summed E-state index contributed by atoms with van der Waals surface area (Å²) in [5.41, 5.74) is 5.62. The Kier molecular flexibility index (Phi) is 7.48. The number of hydrogen-bond donors (Lipinski definition) is 1. The maximum Gasteiger partial charge on any atom is 0.159 e. The summed E-state index contributed by atoms with van der Waals surface area (Å²) in [6, 6.07) is 16.9. The average Bonchev–Trinajstić information content (AvgIpc) is 2.75. The summed E-state index contributed by atoms with van der Waals surface area (Å²) < 4.78 is 0. The topological polar surface area (TPSA) is 46.0 Å². The molecule has 0 radical (unpaired) electrons. The summed E-state index contributed by atoms with van der Waals surface area (Å²) in [6.07, 6.45) is 13.3. The molecule has 148 valence electrons. The van der Waals surface area contributed by atoms with Gasteiger partial charge in [0.05, 0.1) is 6.10 Å². The van der Waals surface area contributed by atoms with Gasteiger partial charge < -0.3 is 5.11 Å². The largest absolute Gasteiger partial charge is 0.393 e. The predicted molar refractivity (Wildman–Crippen MR) is 121 cm³/mol. The van der Waals surface area contributed by atoms with Crippen LogP contribution in [0.25, 0.3) is 28.6 Å². The number of nitrogens with zero attached hydrogens (tertiary/aromatic N) is 2. The van der Waals surface area contributed by atoms with Crippen LogP contribution in [0, 0.1) is 0 Å². The molecule has 1 unspecified atom stereocenters. The first-order valence-electron chi connectivity index (χ1n) is 10.1. The average molecular weight is 385 g/mol. The first kappa shape index (κ1) is 20.7. The number of unbranched alkanes of at least 4 members (excludes halogenated alkanes) is 1. The Bertz CT molecular complexity index is 924. The van der Waals surface area contributed by atoms with E-state index in [4.69, 9.17) is 0 Å². The molecule has 0 saturated heterocycles. The van der Waals surface area contributed by atoms with Gasteiger partial charge in [-0.1, -0.05) is 66.8 Å². The number of allylic oxidation sites excluding steroid dienone is 2. The lowest BCUT2D eigenvalue weighted by Gasteiger charge is -2.05. The minimum Gasteiger partial charge on any atom is -0.393 e. The summed E-state index contributed by atoms with van der Waals surface area (Å²) in [5.74, 6) is 0.737. The monoisotopic (exact) mass is 384 g/mol. The van der Waals surface area contributed by atoms with Crippen molar-refractivity contribution in [2.45, 2.75) is 38.7 Å². The fraction of sp³-hybridized carbons (Fsp3) is 0.231. The highest BCUT2D eigenvalue weighted by Crippen LogP contribution is 2.24. The van der Waals surface area contributed by atoms with Crippen molar-refractivity contribution in [3.05, 3.63) is 90.8 Å². The second-order valence-electron chi connectivity index (χ2n) is 7.29. The molecule has 2 aromatic carbocycles. The molecule has 3 heteroatoms. The van der Waals surface area contributed by atoms with Crippen LogP contribution in [0.4, 0.5) is 0 Å². The van der Waals surface area contributed by atoms with Crippen LogP contribution in [0.2, 0.25) is 0 Å². The summed E-state index contributed by atoms with van der Waals surface area (Å²) in [4.78, 5) is 8.90. The Hall–Kier alpha value is -3.04. The minimum absolute atomic E-state index is 0.211. The molecular formula is C26H28N2O. The number of benzene rings is 2. The molecule has 0 bridgehead atoms. The van der Waals surface area contributed by atoms with Crippen molar-refractivity contribution >= 4 is 6.08 Å². The normalized spacial score (nSPS) is 12.2. The van der Waals surface area contributed by atoms with Gasteiger partial charge in [-0.2, -0.15) is 0 Å². The molecule has 3 aromatic rings. The van der Waals surface area contributed by atoms with Crippen LogP contribution >= 0.6 is 0 Å². The quantitative estimate of drug-likeness (QED) is 0.358. The first-order chi connectivity index (χ1) is 14.2. The number of rotatable bonds is 9. The summed E-state index contributed by atoms with van der Waals surface area (Å²) in [7, 11) is 0. The van der Waals surface area contributed by atoms with Gasteiger partial charge in [-0.25, -0.2) is 9.97 Å². The summed E-state index contributed by atoms with van der Waals surface area (Å²) in [5, 5.41) is 9.29. The van der Waals surface area contributed by atoms with Crippen LogP contribution in [0.1, 0.15) is 37.3 Å². The van der Waals surface area contributed by atoms with Crippen LogP contribution in [-0.4, -0.2) is 21.2 Å². The highest BCUT2D eigenvalue weighted by Gasteiger charge is 2.03. The second kappa shape index (κ2) is 10.5. The number of hydrogen-bond acceptors (Lipinski definition) is 3. The molecule has 0 amide bonds. The van der Waals surface area contributed by atoms with E-state index >= 15 is 0 Å². The molecule has 0 fully saturated rings. The van der Waals surface area contributed by atoms with Crippen molar-refractivity contribution in [3.63, 3.8) is 0 Å². The van der Waals surface area contributed by atoms with Crippen LogP contribution in [0.3, 0.4) is 0 Å². The molecule has 1 N–H and O–H groups in total. The number of aliphatic hydroxyl groups is 1. The molecule has 0 aliphatic heterocycles. The minimum atomic E-state index is -0.211. The van der Waals surface area contributed by atoms with Crippen LogP contribution in [0.5, 0.6) is 0 Å². The van der Waals surface area contributed by atoms with Gasteiger partial charge in [-0.05, 0) is 54.9 Å². The molecule has 3 rings (SSSR count). The molecule has 1 aromatic heterocycles. The van der Waals surface area contributed by atoms with Crippen LogP contribution < -0.4 is 0 Å². The smallest absolute Gasteiger partial charge is 0.159 e. The van der Waals surface area contributed by atoms with Gasteiger partial charge in [0.2, 0.25) is 0 Å². The maximum absolute atomic E-state index is 9.29. The van der Waals surface area contributed by atoms with Gasteiger partial charge in [-0.3, -0.25) is 0 Å². The SMILES string of the molecule is C=CCc1cnc(-c2ccc(-c3ccc(/C=C/CCCC(C)O)cc3)cc2)nc1. The lowest BCUT2D eigenvalue weighted by molar-refractivity contribution is 0.182. The third-order valence-electron chi connectivity index (χ3n) is 4.78. The fourth-order valence-corrected chi connectivity index (χ4v) is 3.12. The molecule has 1 heterocycles. The molecule has 0 aliphatic rings. The second-order valence-corrected chi connectivity index (χ2v) is 7.29. The fourth-order valence-electron chi connectivity index (χ4n) is 3.12. The summed E-state index contributed by atoms with van der Waals surface area (Å²) in [6.45, 7) is 5.58. The molecule has 0 aliphatic carbocycles. The Labute approximate surface area is 173 Å². The van der Waals surface area contributed by atoms with Gasteiger partial charge >= 0.3 is 0 Å². The van der Waals surface area contributed by atoms with Gasteiger partial charge in [0.25, 0.3) is 0 Å². The van der Waals surface area contributed by atoms with E-state index in [1.807, 2.05) is 25.4 Å². The zero-order valence-corrected chi connectivity index (χ0v) is 17.0. The third kappa shape index (κ3) is 6.23. The van der Waals surface area contributed by atoms with E-state index in [1.54, 1.807) is 0 Å². The highest BCUT2D eigenvalue weighted by atomic mass is 16.3. The van der Waals surface area contributed by atoms with E-state index in [0.717, 1.165) is 42.6 Å². The van der Waals surface area contributed by atoms with Gasteiger partial charge in [0.15, 0.2) is 5.82 Å². The van der Waals surface area contributed by atoms with Crippen molar-refractivity contribution in [2.24, 2.45) is 0 Å². The highest BCUT2D eigenvalue weighted by molar-refractivity contribution is 5.69. The van der Waals surface area contributed by atoms with Gasteiger partial charge in [0, 0.05) is 18.0 Å². The van der Waals surface area contributed by atoms with Crippen molar-refractivity contribution in [2.75, 3.05) is 0 Å². The zero-order valence-electron chi connectivity index (χ0n) is 17.0. The van der Waals surface area contributed by atoms with E-state index in [2.05, 4.69) is 77.2 Å². The predicted octanol–water partition coefficient (Wildman–Crippen LogP) is 6.10. The maximum atomic E-state index is 9.29. The Balaban J connectivity index is 1.62. The molecule has 0 spiro atoms. The number of aliphatic hydroxyl groups excluding tert-OH is 1. The van der Waals surface area contributed by atoms with E-state index in [1.165, 1.54) is 16.7 Å². The van der Waals surface area contributed by atoms with Crippen molar-refractivity contribution in [1.29, 1.82) is 0 Å².